The smallest absolute Gasteiger partial charge is 0.220 e. The van der Waals surface area contributed by atoms with Crippen LogP contribution in [0.4, 0.5) is 0 Å². The molecule has 0 aliphatic carbocycles. The summed E-state index contributed by atoms with van der Waals surface area (Å²) in [6, 6.07) is -0.891. The molecule has 17 atom stereocenters. The first-order chi connectivity index (χ1) is 44.8. The van der Waals surface area contributed by atoms with E-state index in [1.165, 1.54) is 193 Å². The van der Waals surface area contributed by atoms with Gasteiger partial charge < -0.3 is 89.9 Å². The predicted octanol–water partition coefficient (Wildman–Crippen LogP) is 11.0. The van der Waals surface area contributed by atoms with Crippen LogP contribution in [0.5, 0.6) is 0 Å². The van der Waals surface area contributed by atoms with Crippen LogP contribution in [0.2, 0.25) is 0 Å². The van der Waals surface area contributed by atoms with Crippen molar-refractivity contribution in [2.24, 2.45) is 0 Å². The maximum atomic E-state index is 13.4. The summed E-state index contributed by atoms with van der Waals surface area (Å²) in [6.45, 7) is 1.80. The summed E-state index contributed by atoms with van der Waals surface area (Å²) >= 11 is 0. The highest BCUT2D eigenvalue weighted by Crippen LogP contribution is 2.33. The van der Waals surface area contributed by atoms with E-state index in [1.54, 1.807) is 0 Å². The quantitative estimate of drug-likeness (QED) is 0.0199. The number of nitrogens with one attached hydrogen (secondary N) is 1. The molecule has 1 amide bonds. The van der Waals surface area contributed by atoms with Crippen LogP contribution >= 0.6 is 0 Å². The number of aliphatic hydroxyl groups excluding tert-OH is 11. The minimum absolute atomic E-state index is 0.247. The van der Waals surface area contributed by atoms with Crippen LogP contribution in [-0.4, -0.2) is 193 Å². The van der Waals surface area contributed by atoms with Crippen LogP contribution in [0, 0.1) is 0 Å². The molecule has 3 heterocycles. The van der Waals surface area contributed by atoms with Crippen molar-refractivity contribution < 1.29 is 89.4 Å². The lowest BCUT2D eigenvalue weighted by atomic mass is 9.96. The van der Waals surface area contributed by atoms with Gasteiger partial charge in [-0.1, -0.05) is 276 Å². The number of amides is 1. The van der Waals surface area contributed by atoms with Crippen molar-refractivity contribution in [3.63, 3.8) is 0 Å². The molecule has 3 saturated heterocycles. The lowest BCUT2D eigenvalue weighted by Crippen LogP contribution is -2.66. The highest BCUT2D eigenvalue weighted by atomic mass is 16.8. The minimum Gasteiger partial charge on any atom is -0.394 e. The largest absolute Gasteiger partial charge is 0.394 e. The van der Waals surface area contributed by atoms with E-state index in [-0.39, 0.29) is 18.9 Å². The third-order valence-corrected chi connectivity index (χ3v) is 19.0. The van der Waals surface area contributed by atoms with E-state index in [0.717, 1.165) is 77.0 Å². The number of ether oxygens (including phenoxy) is 6. The van der Waals surface area contributed by atoms with E-state index in [9.17, 15) is 61.0 Å². The first-order valence-electron chi connectivity index (χ1n) is 37.6. The lowest BCUT2D eigenvalue weighted by molar-refractivity contribution is -0.379. The molecule has 19 heteroatoms. The number of hydrogen-bond acceptors (Lipinski definition) is 18. The van der Waals surface area contributed by atoms with E-state index in [0.29, 0.717) is 12.8 Å². The molecule has 0 bridgehead atoms. The number of carbonyl (C=O) groups is 1. The first-order valence-corrected chi connectivity index (χ1v) is 37.6. The Bertz CT molecular complexity index is 1760. The molecule has 0 saturated carbocycles. The Labute approximate surface area is 556 Å². The highest BCUT2D eigenvalue weighted by Gasteiger charge is 2.53. The van der Waals surface area contributed by atoms with E-state index < -0.39 is 124 Å². The van der Waals surface area contributed by atoms with Gasteiger partial charge in [-0.25, -0.2) is 0 Å². The number of carbonyl (C=O) groups excluding carboxylic acids is 1. The van der Waals surface area contributed by atoms with Crippen molar-refractivity contribution >= 4 is 5.91 Å². The molecule has 0 aromatic rings. The third kappa shape index (κ3) is 36.2. The molecule has 0 radical (unpaired) electrons. The van der Waals surface area contributed by atoms with E-state index in [4.69, 9.17) is 28.4 Å². The average Bonchev–Trinajstić information content (AvgIpc) is 0.838. The SMILES string of the molecule is CCCCC/C=C\C/C=C\CCCCCCCCCC(=O)NC(COC1OC(CO)C(OC2OC(CO)C(OC3OC(CO)C(O)C(O)C3O)C(O)C2O)C(O)C1O)C(O)CCCCCCCCCCCCCCCCCCCCCCCCCCCCCCCC. The Kier molecular flexibility index (Phi) is 50.7. The monoisotopic (exact) mass is 1320 g/mol. The van der Waals surface area contributed by atoms with E-state index >= 15 is 0 Å². The molecule has 3 aliphatic rings. The van der Waals surface area contributed by atoms with Crippen LogP contribution in [0.15, 0.2) is 24.3 Å². The van der Waals surface area contributed by atoms with Gasteiger partial charge in [-0.15, -0.1) is 0 Å². The van der Waals surface area contributed by atoms with Gasteiger partial charge in [0.05, 0.1) is 38.6 Å². The van der Waals surface area contributed by atoms with Gasteiger partial charge >= 0.3 is 0 Å². The van der Waals surface area contributed by atoms with E-state index in [1.807, 2.05) is 0 Å². The molecule has 3 fully saturated rings. The first kappa shape index (κ1) is 84.5. The Morgan fingerprint density at radius 3 is 1.13 bits per heavy atom. The summed E-state index contributed by atoms with van der Waals surface area (Å²) in [7, 11) is 0. The third-order valence-electron chi connectivity index (χ3n) is 19.0. The number of allylic oxidation sites excluding steroid dienone is 4. The zero-order valence-corrected chi connectivity index (χ0v) is 57.5. The summed E-state index contributed by atoms with van der Waals surface area (Å²) < 4.78 is 34.5. The van der Waals surface area contributed by atoms with Crippen molar-refractivity contribution in [1.82, 2.24) is 5.32 Å². The second kappa shape index (κ2) is 55.2. The van der Waals surface area contributed by atoms with Crippen LogP contribution < -0.4 is 5.32 Å². The Hall–Kier alpha value is -1.73. The second-order valence-electron chi connectivity index (χ2n) is 27.1. The van der Waals surface area contributed by atoms with Crippen molar-refractivity contribution in [1.29, 1.82) is 0 Å². The minimum atomic E-state index is -1.97. The molecule has 3 aliphatic heterocycles. The lowest BCUT2D eigenvalue weighted by Gasteiger charge is -2.48. The fraction of sp³-hybridized carbons (Fsp3) is 0.932. The number of unbranched alkanes of at least 4 members (excludes halogenated alkanes) is 39. The molecule has 0 aromatic heterocycles. The fourth-order valence-electron chi connectivity index (χ4n) is 12.9. The zero-order chi connectivity index (χ0) is 66.8. The second-order valence-corrected chi connectivity index (χ2v) is 27.1. The van der Waals surface area contributed by atoms with Gasteiger partial charge in [0.25, 0.3) is 0 Å². The van der Waals surface area contributed by atoms with Crippen LogP contribution in [0.3, 0.4) is 0 Å². The Balaban J connectivity index is 1.38. The van der Waals surface area contributed by atoms with Gasteiger partial charge in [-0.05, 0) is 44.9 Å². The molecule has 0 spiro atoms. The standard InChI is InChI=1S/C73H137NO18/c1-3-5-7-9-11-13-15-17-19-21-22-23-24-25-26-27-28-29-30-31-32-33-35-36-38-40-42-44-46-48-50-57(78)56(74-61(79)51-49-47-45-43-41-39-37-34-20-18-16-14-12-10-8-6-4-2)55-87-71-67(85)64(82)69(59(53-76)89-71)92-73-68(86)65(83)70(60(54-77)90-73)91-72-66(84)63(81)62(80)58(52-75)88-72/h12,14,18,20,56-60,62-73,75-78,80-86H,3-11,13,15-17,19,21-55H2,1-2H3,(H,74,79)/b14-12-,20-18-. The van der Waals surface area contributed by atoms with Gasteiger partial charge in [-0.2, -0.15) is 0 Å². The number of aliphatic hydroxyl groups is 11. The van der Waals surface area contributed by atoms with Gasteiger partial charge in [0, 0.05) is 6.42 Å². The van der Waals surface area contributed by atoms with Crippen molar-refractivity contribution in [3.05, 3.63) is 24.3 Å². The predicted molar refractivity (Wildman–Crippen MR) is 360 cm³/mol. The van der Waals surface area contributed by atoms with Crippen LogP contribution in [0.25, 0.3) is 0 Å². The van der Waals surface area contributed by atoms with Gasteiger partial charge in [0.1, 0.15) is 73.2 Å². The fourth-order valence-corrected chi connectivity index (χ4v) is 12.9. The molecular weight excluding hydrogens is 1180 g/mol. The number of hydrogen-bond donors (Lipinski definition) is 12. The Morgan fingerprint density at radius 1 is 0.391 bits per heavy atom. The summed E-state index contributed by atoms with van der Waals surface area (Å²) in [6.07, 6.45) is 37.0. The summed E-state index contributed by atoms with van der Waals surface area (Å²) in [4.78, 5) is 13.4. The van der Waals surface area contributed by atoms with Gasteiger partial charge in [-0.3, -0.25) is 4.79 Å². The van der Waals surface area contributed by atoms with Crippen molar-refractivity contribution in [2.45, 2.75) is 407 Å². The number of rotatable bonds is 59. The van der Waals surface area contributed by atoms with Crippen LogP contribution in [0.1, 0.15) is 303 Å². The molecule has 19 nitrogen and oxygen atoms in total. The van der Waals surface area contributed by atoms with Gasteiger partial charge in [0.2, 0.25) is 5.91 Å². The molecule has 3 rings (SSSR count). The normalized spacial score (nSPS) is 27.8. The zero-order valence-electron chi connectivity index (χ0n) is 57.5. The average molecular weight is 1320 g/mol. The topological polar surface area (TPSA) is 307 Å². The van der Waals surface area contributed by atoms with Crippen molar-refractivity contribution in [3.8, 4) is 0 Å². The van der Waals surface area contributed by atoms with Crippen LogP contribution in [-0.2, 0) is 33.2 Å². The molecule has 0 aromatic carbocycles. The molecule has 542 valence electrons. The molecule has 17 unspecified atom stereocenters. The van der Waals surface area contributed by atoms with Gasteiger partial charge in [0.15, 0.2) is 18.9 Å². The molecule has 12 N–H and O–H groups in total. The Morgan fingerprint density at radius 2 is 0.717 bits per heavy atom. The summed E-state index contributed by atoms with van der Waals surface area (Å²) in [5, 5.41) is 121. The van der Waals surface area contributed by atoms with Crippen molar-refractivity contribution in [2.75, 3.05) is 26.4 Å². The maximum absolute atomic E-state index is 13.4. The molecular formula is C73H137NO18. The summed E-state index contributed by atoms with van der Waals surface area (Å²) in [5.74, 6) is -0.247. The maximum Gasteiger partial charge on any atom is 0.220 e. The molecule has 92 heavy (non-hydrogen) atoms. The summed E-state index contributed by atoms with van der Waals surface area (Å²) in [5.41, 5.74) is 0. The van der Waals surface area contributed by atoms with E-state index in [2.05, 4.69) is 43.5 Å². The highest BCUT2D eigenvalue weighted by molar-refractivity contribution is 5.76.